The number of benzene rings is 2. The van der Waals surface area contributed by atoms with E-state index in [1.807, 2.05) is 36.9 Å². The van der Waals surface area contributed by atoms with Gasteiger partial charge in [-0.15, -0.1) is 0 Å². The van der Waals surface area contributed by atoms with E-state index in [4.69, 9.17) is 9.15 Å². The number of likely N-dealkylation sites (tertiary alicyclic amines) is 1. The van der Waals surface area contributed by atoms with Gasteiger partial charge in [-0.25, -0.2) is 4.98 Å². The van der Waals surface area contributed by atoms with Crippen LogP contribution in [0.15, 0.2) is 47.0 Å². The highest BCUT2D eigenvalue weighted by atomic mass is 16.5. The van der Waals surface area contributed by atoms with Gasteiger partial charge in [0, 0.05) is 44.3 Å². The molecule has 5 rings (SSSR count). The monoisotopic (exact) mass is 486 g/mol. The van der Waals surface area contributed by atoms with Crippen molar-refractivity contribution in [2.75, 3.05) is 13.1 Å². The molecule has 2 aromatic carbocycles. The molecule has 1 aromatic heterocycles. The maximum atomic E-state index is 12.9. The van der Waals surface area contributed by atoms with Crippen LogP contribution in [0.5, 0.6) is 5.75 Å². The van der Waals surface area contributed by atoms with E-state index in [9.17, 15) is 9.59 Å². The van der Waals surface area contributed by atoms with E-state index >= 15 is 0 Å². The zero-order valence-corrected chi connectivity index (χ0v) is 21.6. The van der Waals surface area contributed by atoms with E-state index in [1.165, 1.54) is 5.56 Å². The van der Waals surface area contributed by atoms with Crippen molar-refractivity contribution in [2.24, 2.45) is 0 Å². The summed E-state index contributed by atoms with van der Waals surface area (Å²) in [5, 5.41) is 0. The number of ether oxygens (including phenoxy) is 1. The van der Waals surface area contributed by atoms with E-state index in [1.54, 1.807) is 6.20 Å². The first-order valence-electron chi connectivity index (χ1n) is 12.9. The number of oxazole rings is 1. The average molecular weight is 487 g/mol. The third kappa shape index (κ3) is 4.81. The van der Waals surface area contributed by atoms with Gasteiger partial charge < -0.3 is 14.1 Å². The molecule has 36 heavy (non-hydrogen) atoms. The van der Waals surface area contributed by atoms with E-state index in [2.05, 4.69) is 37.0 Å². The molecule has 1 fully saturated rings. The number of Topliss-reactive ketones (excluding diaryl/α,β-unsaturated/α-hetero) is 1. The number of ketones is 1. The van der Waals surface area contributed by atoms with Crippen LogP contribution in [0.1, 0.15) is 78.4 Å². The molecule has 6 nitrogen and oxygen atoms in total. The minimum atomic E-state index is -0.510. The molecule has 0 aliphatic carbocycles. The molecule has 0 radical (unpaired) electrons. The molecule has 0 atom stereocenters. The molecular formula is C30H34N2O4. The lowest BCUT2D eigenvalue weighted by Crippen LogP contribution is -2.52. The molecule has 0 unspecified atom stereocenters. The molecule has 6 heteroatoms. The van der Waals surface area contributed by atoms with Crippen LogP contribution in [0.3, 0.4) is 0 Å². The van der Waals surface area contributed by atoms with Gasteiger partial charge in [0.25, 0.3) is 0 Å². The predicted octanol–water partition coefficient (Wildman–Crippen LogP) is 6.04. The molecular weight excluding hydrogens is 452 g/mol. The first-order valence-corrected chi connectivity index (χ1v) is 12.9. The summed E-state index contributed by atoms with van der Waals surface area (Å²) in [7, 11) is 0. The largest absolute Gasteiger partial charge is 0.486 e. The fraction of sp³-hybridized carbons (Fsp3) is 0.433. The number of aryl methyl sites for hydroxylation is 3. The number of carbonyl (C=O) groups is 2. The molecule has 0 bridgehead atoms. The smallest absolute Gasteiger partial charge is 0.223 e. The number of hydrogen-bond donors (Lipinski definition) is 0. The maximum absolute atomic E-state index is 12.9. The molecule has 2 aliphatic heterocycles. The van der Waals surface area contributed by atoms with Gasteiger partial charge >= 0.3 is 0 Å². The second-order valence-electron chi connectivity index (χ2n) is 10.6. The molecule has 3 heterocycles. The lowest BCUT2D eigenvalue weighted by atomic mass is 9.81. The van der Waals surface area contributed by atoms with Crippen molar-refractivity contribution in [1.82, 2.24) is 9.88 Å². The normalized spacial score (nSPS) is 16.8. The number of hydrogen-bond acceptors (Lipinski definition) is 5. The highest BCUT2D eigenvalue weighted by molar-refractivity contribution is 6.01. The Morgan fingerprint density at radius 3 is 2.53 bits per heavy atom. The van der Waals surface area contributed by atoms with Gasteiger partial charge in [-0.2, -0.15) is 0 Å². The standard InChI is InChI=1S/C30H34N2O4/c1-19(2)22-5-7-23(8-6-22)26-18-31-27(35-26)9-10-28(34)32-13-11-30(12-14-32)17-25(33)24-16-20(3)15-21(4)29(24)36-30/h5-8,15-16,18-19H,9-14,17H2,1-4H3. The molecule has 1 saturated heterocycles. The molecule has 188 valence electrons. The average Bonchev–Trinajstić information content (AvgIpc) is 3.33. The van der Waals surface area contributed by atoms with Crippen LogP contribution in [0, 0.1) is 13.8 Å². The summed E-state index contributed by atoms with van der Waals surface area (Å²) < 4.78 is 12.4. The Balaban J connectivity index is 1.16. The van der Waals surface area contributed by atoms with Crippen LogP contribution >= 0.6 is 0 Å². The van der Waals surface area contributed by atoms with Gasteiger partial charge in [-0.3, -0.25) is 9.59 Å². The Bertz CT molecular complexity index is 1280. The Morgan fingerprint density at radius 2 is 1.83 bits per heavy atom. The second-order valence-corrected chi connectivity index (χ2v) is 10.6. The van der Waals surface area contributed by atoms with Crippen molar-refractivity contribution in [1.29, 1.82) is 0 Å². The summed E-state index contributed by atoms with van der Waals surface area (Å²) in [5.74, 6) is 2.71. The van der Waals surface area contributed by atoms with Crippen LogP contribution in [-0.2, 0) is 11.2 Å². The number of carbonyl (C=O) groups excluding carboxylic acids is 2. The van der Waals surface area contributed by atoms with E-state index in [-0.39, 0.29) is 11.7 Å². The first-order chi connectivity index (χ1) is 17.2. The molecule has 2 aliphatic rings. The van der Waals surface area contributed by atoms with Crippen molar-refractivity contribution in [3.05, 3.63) is 70.7 Å². The van der Waals surface area contributed by atoms with Gasteiger partial charge in [-0.1, -0.05) is 44.2 Å². The maximum Gasteiger partial charge on any atom is 0.223 e. The fourth-order valence-corrected chi connectivity index (χ4v) is 5.34. The quantitative estimate of drug-likeness (QED) is 0.440. The van der Waals surface area contributed by atoms with Crippen LogP contribution in [0.4, 0.5) is 0 Å². The summed E-state index contributed by atoms with van der Waals surface area (Å²) in [6.07, 6.45) is 4.24. The lowest BCUT2D eigenvalue weighted by molar-refractivity contribution is -0.134. The summed E-state index contributed by atoms with van der Waals surface area (Å²) in [5.41, 5.74) is 4.52. The summed E-state index contributed by atoms with van der Waals surface area (Å²) in [6.45, 7) is 9.51. The Morgan fingerprint density at radius 1 is 1.11 bits per heavy atom. The molecule has 3 aromatic rings. The van der Waals surface area contributed by atoms with Crippen LogP contribution in [0.25, 0.3) is 11.3 Å². The van der Waals surface area contributed by atoms with Crippen LogP contribution < -0.4 is 4.74 Å². The fourth-order valence-electron chi connectivity index (χ4n) is 5.34. The molecule has 1 amide bonds. The van der Waals surface area contributed by atoms with Gasteiger partial charge in [0.1, 0.15) is 11.4 Å². The van der Waals surface area contributed by atoms with Crippen LogP contribution in [-0.4, -0.2) is 40.3 Å². The number of amides is 1. The Kier molecular flexibility index (Phi) is 6.45. The Labute approximate surface area is 212 Å². The van der Waals surface area contributed by atoms with Crippen molar-refractivity contribution in [3.8, 4) is 17.1 Å². The van der Waals surface area contributed by atoms with Crippen LogP contribution in [0.2, 0.25) is 0 Å². The minimum Gasteiger partial charge on any atom is -0.486 e. The van der Waals surface area contributed by atoms with E-state index in [0.717, 1.165) is 28.2 Å². The second kappa shape index (κ2) is 9.57. The summed E-state index contributed by atoms with van der Waals surface area (Å²) in [4.78, 5) is 32.1. The number of fused-ring (bicyclic) bond motifs is 1. The zero-order chi connectivity index (χ0) is 25.4. The van der Waals surface area contributed by atoms with Crippen molar-refractivity contribution < 1.29 is 18.7 Å². The van der Waals surface area contributed by atoms with Crippen molar-refractivity contribution >= 4 is 11.7 Å². The zero-order valence-electron chi connectivity index (χ0n) is 21.6. The number of aromatic nitrogens is 1. The lowest BCUT2D eigenvalue weighted by Gasteiger charge is -2.44. The summed E-state index contributed by atoms with van der Waals surface area (Å²) >= 11 is 0. The van der Waals surface area contributed by atoms with Gasteiger partial charge in [0.05, 0.1) is 18.2 Å². The SMILES string of the molecule is Cc1cc(C)c2c(c1)C(=O)CC1(CCN(C(=O)CCc3ncc(-c4ccc(C(C)C)cc4)o3)CC1)O2. The molecule has 0 N–H and O–H groups in total. The van der Waals surface area contributed by atoms with Crippen molar-refractivity contribution in [3.63, 3.8) is 0 Å². The first kappa shape index (κ1) is 24.3. The topological polar surface area (TPSA) is 72.6 Å². The molecule has 1 spiro atoms. The minimum absolute atomic E-state index is 0.0835. The van der Waals surface area contributed by atoms with E-state index in [0.29, 0.717) is 62.6 Å². The number of nitrogens with zero attached hydrogens (tertiary/aromatic N) is 2. The number of piperidine rings is 1. The highest BCUT2D eigenvalue weighted by Gasteiger charge is 2.44. The third-order valence-corrected chi connectivity index (χ3v) is 7.52. The predicted molar refractivity (Wildman–Crippen MR) is 138 cm³/mol. The molecule has 0 saturated carbocycles. The highest BCUT2D eigenvalue weighted by Crippen LogP contribution is 2.41. The van der Waals surface area contributed by atoms with E-state index < -0.39 is 5.60 Å². The van der Waals surface area contributed by atoms with Gasteiger partial charge in [0.15, 0.2) is 17.4 Å². The number of rotatable bonds is 5. The Hall–Kier alpha value is -3.41. The van der Waals surface area contributed by atoms with Gasteiger partial charge in [-0.05, 0) is 42.5 Å². The van der Waals surface area contributed by atoms with Gasteiger partial charge in [0.2, 0.25) is 5.91 Å². The summed E-state index contributed by atoms with van der Waals surface area (Å²) in [6, 6.07) is 12.3. The third-order valence-electron chi connectivity index (χ3n) is 7.52. The van der Waals surface area contributed by atoms with Crippen molar-refractivity contribution in [2.45, 2.75) is 71.3 Å².